The fraction of sp³-hybridized carbons (Fsp3) is 0.700. The average Bonchev–Trinajstić information content (AvgIpc) is 2.56. The summed E-state index contributed by atoms with van der Waals surface area (Å²) in [4.78, 5) is 10.3. The average molecular weight is 226 g/mol. The molecule has 0 fully saturated rings. The van der Waals surface area contributed by atoms with Gasteiger partial charge in [-0.1, -0.05) is 19.8 Å². The summed E-state index contributed by atoms with van der Waals surface area (Å²) in [6.45, 7) is 4.13. The van der Waals surface area contributed by atoms with Gasteiger partial charge < -0.3 is 5.32 Å². The monoisotopic (exact) mass is 226 g/mol. The highest BCUT2D eigenvalue weighted by Gasteiger charge is 2.19. The molecular formula is C10H18N4O2. The van der Waals surface area contributed by atoms with E-state index in [0.29, 0.717) is 5.82 Å². The van der Waals surface area contributed by atoms with E-state index in [1.807, 2.05) is 6.92 Å². The first kappa shape index (κ1) is 12.5. The number of nitrogens with one attached hydrogen (secondary N) is 1. The quantitative estimate of drug-likeness (QED) is 0.596. The Morgan fingerprint density at radius 1 is 1.69 bits per heavy atom. The SMILES string of the molecule is CCCCC(C)Nc1nn(C)cc1[N+](=O)[O-]. The molecule has 0 aromatic carbocycles. The van der Waals surface area contributed by atoms with Crippen LogP contribution in [0.2, 0.25) is 0 Å². The van der Waals surface area contributed by atoms with Crippen molar-refractivity contribution in [2.45, 2.75) is 39.2 Å². The van der Waals surface area contributed by atoms with Gasteiger partial charge in [0.25, 0.3) is 0 Å². The van der Waals surface area contributed by atoms with E-state index in [1.54, 1.807) is 7.05 Å². The third kappa shape index (κ3) is 3.22. The lowest BCUT2D eigenvalue weighted by atomic mass is 10.1. The Hall–Kier alpha value is -1.59. The molecule has 1 heterocycles. The standard InChI is InChI=1S/C10H18N4O2/c1-4-5-6-8(2)11-10-9(14(15)16)7-13(3)12-10/h7-8H,4-6H2,1-3H3,(H,11,12). The molecule has 90 valence electrons. The van der Waals surface area contributed by atoms with E-state index in [4.69, 9.17) is 0 Å². The zero-order valence-corrected chi connectivity index (χ0v) is 9.93. The molecule has 0 aliphatic heterocycles. The Morgan fingerprint density at radius 3 is 2.94 bits per heavy atom. The Balaban J connectivity index is 2.68. The van der Waals surface area contributed by atoms with Crippen molar-refractivity contribution in [3.63, 3.8) is 0 Å². The van der Waals surface area contributed by atoms with Crippen LogP contribution in [0.15, 0.2) is 6.20 Å². The van der Waals surface area contributed by atoms with Crippen molar-refractivity contribution in [1.29, 1.82) is 0 Å². The molecule has 0 saturated carbocycles. The van der Waals surface area contributed by atoms with Crippen molar-refractivity contribution in [3.05, 3.63) is 16.3 Å². The second-order valence-electron chi connectivity index (χ2n) is 3.98. The lowest BCUT2D eigenvalue weighted by Crippen LogP contribution is -2.16. The Morgan fingerprint density at radius 2 is 2.38 bits per heavy atom. The van der Waals surface area contributed by atoms with Crippen LogP contribution in [0.3, 0.4) is 0 Å². The maximum Gasteiger partial charge on any atom is 0.330 e. The second-order valence-corrected chi connectivity index (χ2v) is 3.98. The summed E-state index contributed by atoms with van der Waals surface area (Å²) in [6, 6.07) is 0.202. The van der Waals surface area contributed by atoms with Gasteiger partial charge in [0.15, 0.2) is 0 Å². The summed E-state index contributed by atoms with van der Waals surface area (Å²) < 4.78 is 1.45. The largest absolute Gasteiger partial charge is 0.360 e. The van der Waals surface area contributed by atoms with Crippen molar-refractivity contribution in [3.8, 4) is 0 Å². The van der Waals surface area contributed by atoms with Crippen molar-refractivity contribution in [2.75, 3.05) is 5.32 Å². The molecule has 1 atom stereocenters. The summed E-state index contributed by atoms with van der Waals surface area (Å²) in [7, 11) is 1.68. The highest BCUT2D eigenvalue weighted by Crippen LogP contribution is 2.22. The first-order chi connectivity index (χ1) is 7.54. The fourth-order valence-electron chi connectivity index (χ4n) is 1.53. The molecule has 0 aliphatic carbocycles. The number of aromatic nitrogens is 2. The van der Waals surface area contributed by atoms with Crippen LogP contribution in [-0.2, 0) is 7.05 Å². The van der Waals surface area contributed by atoms with Crippen LogP contribution in [0.1, 0.15) is 33.1 Å². The molecule has 1 aromatic rings. The molecule has 6 nitrogen and oxygen atoms in total. The molecule has 0 spiro atoms. The van der Waals surface area contributed by atoms with Crippen molar-refractivity contribution in [1.82, 2.24) is 9.78 Å². The van der Waals surface area contributed by atoms with E-state index in [9.17, 15) is 10.1 Å². The molecule has 6 heteroatoms. The summed E-state index contributed by atoms with van der Waals surface area (Å²) in [6.07, 6.45) is 4.63. The van der Waals surface area contributed by atoms with Crippen LogP contribution >= 0.6 is 0 Å². The zero-order valence-electron chi connectivity index (χ0n) is 9.93. The van der Waals surface area contributed by atoms with Crippen molar-refractivity contribution >= 4 is 11.5 Å². The van der Waals surface area contributed by atoms with Gasteiger partial charge in [-0.15, -0.1) is 5.10 Å². The third-order valence-corrected chi connectivity index (χ3v) is 2.38. The van der Waals surface area contributed by atoms with Crippen molar-refractivity contribution < 1.29 is 4.92 Å². The molecule has 16 heavy (non-hydrogen) atoms. The summed E-state index contributed by atoms with van der Waals surface area (Å²) in [5.41, 5.74) is 0.0332. The van der Waals surface area contributed by atoms with Gasteiger partial charge in [-0.05, 0) is 13.3 Å². The van der Waals surface area contributed by atoms with Gasteiger partial charge in [-0.2, -0.15) is 0 Å². The topological polar surface area (TPSA) is 73.0 Å². The van der Waals surface area contributed by atoms with Gasteiger partial charge in [0, 0.05) is 13.1 Å². The van der Waals surface area contributed by atoms with Crippen LogP contribution in [0.5, 0.6) is 0 Å². The number of hydrogen-bond donors (Lipinski definition) is 1. The third-order valence-electron chi connectivity index (χ3n) is 2.38. The summed E-state index contributed by atoms with van der Waals surface area (Å²) in [5, 5.41) is 17.9. The van der Waals surface area contributed by atoms with Crippen LogP contribution in [0, 0.1) is 10.1 Å². The minimum Gasteiger partial charge on any atom is -0.360 e. The summed E-state index contributed by atoms with van der Waals surface area (Å²) >= 11 is 0. The van der Waals surface area contributed by atoms with E-state index in [2.05, 4.69) is 17.3 Å². The van der Waals surface area contributed by atoms with Gasteiger partial charge in [0.05, 0.1) is 4.92 Å². The molecule has 0 saturated heterocycles. The number of nitrogens with zero attached hydrogens (tertiary/aromatic N) is 3. The van der Waals surface area contributed by atoms with E-state index < -0.39 is 4.92 Å². The van der Waals surface area contributed by atoms with E-state index in [-0.39, 0.29) is 11.7 Å². The minimum atomic E-state index is -0.415. The minimum absolute atomic E-state index is 0.0332. The van der Waals surface area contributed by atoms with E-state index in [0.717, 1.165) is 19.3 Å². The molecular weight excluding hydrogens is 208 g/mol. The zero-order chi connectivity index (χ0) is 12.1. The first-order valence-electron chi connectivity index (χ1n) is 5.49. The molecule has 1 rings (SSSR count). The van der Waals surface area contributed by atoms with Gasteiger partial charge in [0.1, 0.15) is 6.20 Å². The molecule has 0 radical (unpaired) electrons. The fourth-order valence-corrected chi connectivity index (χ4v) is 1.53. The molecule has 1 N–H and O–H groups in total. The smallest absolute Gasteiger partial charge is 0.330 e. The number of nitro groups is 1. The number of unbranched alkanes of at least 4 members (excludes halogenated alkanes) is 1. The lowest BCUT2D eigenvalue weighted by molar-refractivity contribution is -0.384. The normalized spacial score (nSPS) is 12.4. The highest BCUT2D eigenvalue weighted by molar-refractivity contribution is 5.54. The van der Waals surface area contributed by atoms with E-state index >= 15 is 0 Å². The van der Waals surface area contributed by atoms with Gasteiger partial charge in [-0.25, -0.2) is 0 Å². The first-order valence-corrected chi connectivity index (χ1v) is 5.49. The predicted molar refractivity (Wildman–Crippen MR) is 62.5 cm³/mol. The van der Waals surface area contributed by atoms with Crippen LogP contribution in [0.4, 0.5) is 11.5 Å². The molecule has 0 aliphatic rings. The second kappa shape index (κ2) is 5.48. The summed E-state index contributed by atoms with van der Waals surface area (Å²) in [5.74, 6) is 0.358. The number of aryl methyl sites for hydroxylation is 1. The van der Waals surface area contributed by atoms with E-state index in [1.165, 1.54) is 10.9 Å². The highest BCUT2D eigenvalue weighted by atomic mass is 16.6. The maximum atomic E-state index is 10.7. The van der Waals surface area contributed by atoms with Gasteiger partial charge in [-0.3, -0.25) is 14.8 Å². The van der Waals surface area contributed by atoms with Crippen LogP contribution in [0.25, 0.3) is 0 Å². The predicted octanol–water partition coefficient (Wildman–Crippen LogP) is 2.32. The number of rotatable bonds is 6. The number of hydrogen-bond acceptors (Lipinski definition) is 4. The molecule has 0 bridgehead atoms. The molecule has 1 unspecified atom stereocenters. The Labute approximate surface area is 94.8 Å². The molecule has 0 amide bonds. The maximum absolute atomic E-state index is 10.7. The van der Waals surface area contributed by atoms with Crippen LogP contribution in [-0.4, -0.2) is 20.7 Å². The lowest BCUT2D eigenvalue weighted by Gasteiger charge is -2.11. The Kier molecular flexibility index (Phi) is 4.28. The number of anilines is 1. The molecule has 1 aromatic heterocycles. The van der Waals surface area contributed by atoms with Gasteiger partial charge >= 0.3 is 5.69 Å². The Bertz CT molecular complexity index is 362. The van der Waals surface area contributed by atoms with Gasteiger partial charge in [0.2, 0.25) is 5.82 Å². The van der Waals surface area contributed by atoms with Crippen molar-refractivity contribution in [2.24, 2.45) is 7.05 Å². The van der Waals surface area contributed by atoms with Crippen LogP contribution < -0.4 is 5.32 Å².